The molecule has 1 aliphatic heterocycles. The Kier molecular flexibility index (Phi) is 3.74. The number of ketones is 1. The Labute approximate surface area is 127 Å². The highest BCUT2D eigenvalue weighted by molar-refractivity contribution is 6.06. The van der Waals surface area contributed by atoms with Crippen LogP contribution in [0, 0.1) is 0 Å². The first-order valence-electron chi connectivity index (χ1n) is 6.97. The molecule has 2 aromatic rings. The number of allylic oxidation sites excluding steroid dienone is 1. The number of carbonyl (C=O) groups is 2. The minimum atomic E-state index is -0.184. The summed E-state index contributed by atoms with van der Waals surface area (Å²) < 4.78 is 6.99. The number of nitrogens with zero attached hydrogens (tertiary/aromatic N) is 2. The SMILES string of the molecule is CCn1cc(C(=O)/C=C/c2ccc3c(c2)NC(=O)CO3)cn1. The molecule has 0 bridgehead atoms. The van der Waals surface area contributed by atoms with Crippen LogP contribution in [0.1, 0.15) is 22.8 Å². The fourth-order valence-electron chi connectivity index (χ4n) is 2.14. The van der Waals surface area contributed by atoms with E-state index in [1.807, 2.05) is 13.0 Å². The maximum Gasteiger partial charge on any atom is 0.262 e. The maximum absolute atomic E-state index is 12.1. The Balaban J connectivity index is 1.76. The average Bonchev–Trinajstić information content (AvgIpc) is 3.01. The number of ether oxygens (including phenoxy) is 1. The Bertz CT molecular complexity index is 762. The number of aromatic nitrogens is 2. The van der Waals surface area contributed by atoms with Gasteiger partial charge in [-0.05, 0) is 30.7 Å². The molecule has 0 saturated carbocycles. The van der Waals surface area contributed by atoms with E-state index in [4.69, 9.17) is 4.74 Å². The molecule has 0 radical (unpaired) electrons. The van der Waals surface area contributed by atoms with E-state index >= 15 is 0 Å². The molecule has 3 rings (SSSR count). The summed E-state index contributed by atoms with van der Waals surface area (Å²) >= 11 is 0. The molecule has 22 heavy (non-hydrogen) atoms. The minimum Gasteiger partial charge on any atom is -0.482 e. The topological polar surface area (TPSA) is 73.2 Å². The maximum atomic E-state index is 12.1. The number of hydrogen-bond acceptors (Lipinski definition) is 4. The van der Waals surface area contributed by atoms with E-state index in [9.17, 15) is 9.59 Å². The smallest absolute Gasteiger partial charge is 0.262 e. The van der Waals surface area contributed by atoms with Gasteiger partial charge in [-0.25, -0.2) is 0 Å². The van der Waals surface area contributed by atoms with E-state index < -0.39 is 0 Å². The van der Waals surface area contributed by atoms with Crippen molar-refractivity contribution in [1.29, 1.82) is 0 Å². The first-order chi connectivity index (χ1) is 10.7. The molecule has 0 saturated heterocycles. The van der Waals surface area contributed by atoms with Crippen LogP contribution in [0.15, 0.2) is 36.7 Å². The molecule has 1 amide bonds. The van der Waals surface area contributed by atoms with Crippen molar-refractivity contribution >= 4 is 23.5 Å². The lowest BCUT2D eigenvalue weighted by atomic mass is 10.1. The van der Waals surface area contributed by atoms with Crippen LogP contribution in [0.5, 0.6) is 5.75 Å². The quantitative estimate of drug-likeness (QED) is 0.693. The van der Waals surface area contributed by atoms with Crippen LogP contribution < -0.4 is 10.1 Å². The highest BCUT2D eigenvalue weighted by Gasteiger charge is 2.15. The molecular formula is C16H15N3O3. The molecule has 112 valence electrons. The zero-order valence-electron chi connectivity index (χ0n) is 12.1. The third-order valence-corrected chi connectivity index (χ3v) is 3.31. The number of amides is 1. The Hall–Kier alpha value is -2.89. The Morgan fingerprint density at radius 2 is 2.36 bits per heavy atom. The molecule has 1 aliphatic rings. The van der Waals surface area contributed by atoms with E-state index in [1.54, 1.807) is 35.3 Å². The summed E-state index contributed by atoms with van der Waals surface area (Å²) in [6.45, 7) is 2.71. The number of rotatable bonds is 4. The molecule has 0 spiro atoms. The fourth-order valence-corrected chi connectivity index (χ4v) is 2.14. The molecule has 2 heterocycles. The van der Waals surface area contributed by atoms with Crippen molar-refractivity contribution in [3.8, 4) is 5.75 Å². The van der Waals surface area contributed by atoms with Gasteiger partial charge < -0.3 is 10.1 Å². The van der Waals surface area contributed by atoms with E-state index in [0.29, 0.717) is 17.0 Å². The van der Waals surface area contributed by atoms with Crippen LogP contribution in [0.4, 0.5) is 5.69 Å². The molecule has 0 atom stereocenters. The van der Waals surface area contributed by atoms with Crippen LogP contribution in [0.3, 0.4) is 0 Å². The lowest BCUT2D eigenvalue weighted by Crippen LogP contribution is -2.25. The van der Waals surface area contributed by atoms with Crippen LogP contribution in [0.25, 0.3) is 6.08 Å². The van der Waals surface area contributed by atoms with Crippen molar-refractivity contribution < 1.29 is 14.3 Å². The normalized spacial score (nSPS) is 13.6. The van der Waals surface area contributed by atoms with Crippen molar-refractivity contribution in [3.05, 3.63) is 47.8 Å². The summed E-state index contributed by atoms with van der Waals surface area (Å²) in [6, 6.07) is 5.37. The van der Waals surface area contributed by atoms with Gasteiger partial charge >= 0.3 is 0 Å². The first-order valence-corrected chi connectivity index (χ1v) is 6.97. The third kappa shape index (κ3) is 2.90. The number of benzene rings is 1. The Morgan fingerprint density at radius 3 is 3.14 bits per heavy atom. The Morgan fingerprint density at radius 1 is 1.50 bits per heavy atom. The molecule has 0 aliphatic carbocycles. The molecule has 6 nitrogen and oxygen atoms in total. The van der Waals surface area contributed by atoms with Gasteiger partial charge in [-0.3, -0.25) is 14.3 Å². The second-order valence-corrected chi connectivity index (χ2v) is 4.87. The second kappa shape index (κ2) is 5.85. The van der Waals surface area contributed by atoms with Crippen molar-refractivity contribution in [2.75, 3.05) is 11.9 Å². The first kappa shape index (κ1) is 14.1. The van der Waals surface area contributed by atoms with Crippen molar-refractivity contribution in [3.63, 3.8) is 0 Å². The largest absolute Gasteiger partial charge is 0.482 e. The summed E-state index contributed by atoms with van der Waals surface area (Å²) in [5, 5.41) is 6.81. The van der Waals surface area contributed by atoms with E-state index in [2.05, 4.69) is 10.4 Å². The number of anilines is 1. The lowest BCUT2D eigenvalue weighted by Gasteiger charge is -2.17. The van der Waals surface area contributed by atoms with Gasteiger partial charge in [-0.1, -0.05) is 12.1 Å². The molecule has 1 aromatic heterocycles. The van der Waals surface area contributed by atoms with Crippen molar-refractivity contribution in [1.82, 2.24) is 9.78 Å². The zero-order valence-corrected chi connectivity index (χ0v) is 12.1. The molecule has 0 unspecified atom stereocenters. The van der Waals surface area contributed by atoms with Crippen molar-refractivity contribution in [2.24, 2.45) is 0 Å². The van der Waals surface area contributed by atoms with Crippen LogP contribution >= 0.6 is 0 Å². The predicted molar refractivity (Wildman–Crippen MR) is 81.8 cm³/mol. The van der Waals surface area contributed by atoms with E-state index in [-0.39, 0.29) is 18.3 Å². The number of carbonyl (C=O) groups excluding carboxylic acids is 2. The summed E-state index contributed by atoms with van der Waals surface area (Å²) in [7, 11) is 0. The van der Waals surface area contributed by atoms with E-state index in [1.165, 1.54) is 6.08 Å². The number of hydrogen-bond donors (Lipinski definition) is 1. The molecule has 0 fully saturated rings. The monoisotopic (exact) mass is 297 g/mol. The highest BCUT2D eigenvalue weighted by atomic mass is 16.5. The molecule has 1 aromatic carbocycles. The van der Waals surface area contributed by atoms with Gasteiger partial charge in [-0.15, -0.1) is 0 Å². The van der Waals surface area contributed by atoms with Crippen molar-refractivity contribution in [2.45, 2.75) is 13.5 Å². The standard InChI is InChI=1S/C16H15N3O3/c1-2-19-9-12(8-17-19)14(20)5-3-11-4-6-15-13(7-11)18-16(21)10-22-15/h3-9H,2,10H2,1H3,(H,18,21)/b5-3+. The molecular weight excluding hydrogens is 282 g/mol. The molecule has 6 heteroatoms. The number of fused-ring (bicyclic) bond motifs is 1. The predicted octanol–water partition coefficient (Wildman–Crippen LogP) is 2.13. The number of aryl methyl sites for hydroxylation is 1. The highest BCUT2D eigenvalue weighted by Crippen LogP contribution is 2.28. The van der Waals surface area contributed by atoms with Gasteiger partial charge in [0.2, 0.25) is 0 Å². The summed E-state index contributed by atoms with van der Waals surface area (Å²) in [6.07, 6.45) is 6.46. The van der Waals surface area contributed by atoms with Gasteiger partial charge in [-0.2, -0.15) is 5.10 Å². The summed E-state index contributed by atoms with van der Waals surface area (Å²) in [4.78, 5) is 23.4. The third-order valence-electron chi connectivity index (χ3n) is 3.31. The van der Waals surface area contributed by atoms with Gasteiger partial charge in [0.05, 0.1) is 17.4 Å². The van der Waals surface area contributed by atoms with Crippen LogP contribution in [-0.2, 0) is 11.3 Å². The van der Waals surface area contributed by atoms with Gasteiger partial charge in [0.25, 0.3) is 5.91 Å². The summed E-state index contributed by atoms with van der Waals surface area (Å²) in [5.74, 6) is 0.335. The van der Waals surface area contributed by atoms with Gasteiger partial charge in [0, 0.05) is 12.7 Å². The molecule has 1 N–H and O–H groups in total. The van der Waals surface area contributed by atoms with Crippen LogP contribution in [-0.4, -0.2) is 28.1 Å². The van der Waals surface area contributed by atoms with Gasteiger partial charge in [0.1, 0.15) is 5.75 Å². The summed E-state index contributed by atoms with van der Waals surface area (Å²) in [5.41, 5.74) is 1.97. The second-order valence-electron chi connectivity index (χ2n) is 4.87. The number of nitrogens with one attached hydrogen (secondary N) is 1. The van der Waals surface area contributed by atoms with Crippen LogP contribution in [0.2, 0.25) is 0 Å². The van der Waals surface area contributed by atoms with E-state index in [0.717, 1.165) is 12.1 Å². The average molecular weight is 297 g/mol. The zero-order chi connectivity index (χ0) is 15.5. The minimum absolute atomic E-state index is 0.0299. The lowest BCUT2D eigenvalue weighted by molar-refractivity contribution is -0.118. The van der Waals surface area contributed by atoms with Gasteiger partial charge in [0.15, 0.2) is 12.4 Å². The fraction of sp³-hybridized carbons (Fsp3) is 0.188.